The number of hydrogen-bond acceptors (Lipinski definition) is 10. The molecular weight excluding hydrogens is 473 g/mol. The minimum Gasteiger partial charge on any atom is -0.362 e. The Kier molecular flexibility index (Phi) is 6.50. The number of nitro groups is 1. The van der Waals surface area contributed by atoms with Crippen molar-refractivity contribution in [2.75, 3.05) is 18.4 Å². The Morgan fingerprint density at radius 1 is 1.11 bits per heavy atom. The minimum atomic E-state index is -0.422. The lowest BCUT2D eigenvalue weighted by molar-refractivity contribution is -0.384. The van der Waals surface area contributed by atoms with Crippen LogP contribution in [0.3, 0.4) is 0 Å². The van der Waals surface area contributed by atoms with Crippen molar-refractivity contribution in [2.45, 2.75) is 19.4 Å². The number of nitrogens with one attached hydrogen (secondary N) is 3. The molecule has 3 N–H and O–H groups in total. The third-order valence-corrected chi connectivity index (χ3v) is 6.30. The van der Waals surface area contributed by atoms with Gasteiger partial charge in [0.2, 0.25) is 0 Å². The van der Waals surface area contributed by atoms with Gasteiger partial charge in [-0.05, 0) is 18.2 Å². The Hall–Kier alpha value is -4.10. The first kappa shape index (κ1) is 22.7. The number of H-pyrrole nitrogens is 1. The summed E-state index contributed by atoms with van der Waals surface area (Å²) in [7, 11) is 0. The van der Waals surface area contributed by atoms with Crippen molar-refractivity contribution in [1.29, 1.82) is 0 Å². The number of nitro benzene ring substituents is 1. The Morgan fingerprint density at radius 3 is 2.86 bits per heavy atom. The number of pyridine rings is 1. The first-order chi connectivity index (χ1) is 17.1. The zero-order valence-electron chi connectivity index (χ0n) is 18.4. The van der Waals surface area contributed by atoms with Gasteiger partial charge in [-0.3, -0.25) is 15.1 Å². The van der Waals surface area contributed by atoms with Crippen molar-refractivity contribution in [3.05, 3.63) is 75.3 Å². The lowest BCUT2D eigenvalue weighted by Crippen LogP contribution is -2.20. The van der Waals surface area contributed by atoms with Crippen LogP contribution in [0.2, 0.25) is 0 Å². The van der Waals surface area contributed by atoms with Gasteiger partial charge >= 0.3 is 0 Å². The van der Waals surface area contributed by atoms with Crippen molar-refractivity contribution < 1.29 is 9.31 Å². The number of aromatic nitrogens is 6. The van der Waals surface area contributed by atoms with Crippen LogP contribution < -0.4 is 10.6 Å². The summed E-state index contributed by atoms with van der Waals surface area (Å²) in [5.41, 5.74) is 2.35. The number of non-ortho nitro benzene ring substituents is 1. The molecule has 0 aliphatic heterocycles. The molecule has 4 heterocycles. The number of hydrogen-bond donors (Lipinski definition) is 3. The topological polar surface area (TPSA) is 147 Å². The SMILES string of the molecule is O=[N+]([O-])c1ccc2nc(CCNCCc3nc4c(NCc5ncccc5F)ncnc4s3)[nH]c2c1. The number of aromatic amines is 1. The number of benzene rings is 1. The van der Waals surface area contributed by atoms with Gasteiger partial charge in [0.15, 0.2) is 5.82 Å². The lowest BCUT2D eigenvalue weighted by atomic mass is 10.3. The van der Waals surface area contributed by atoms with Gasteiger partial charge < -0.3 is 15.6 Å². The number of anilines is 1. The van der Waals surface area contributed by atoms with E-state index in [1.165, 1.54) is 35.9 Å². The lowest BCUT2D eigenvalue weighted by Gasteiger charge is -2.05. The number of rotatable bonds is 10. The van der Waals surface area contributed by atoms with E-state index in [9.17, 15) is 14.5 Å². The smallest absolute Gasteiger partial charge is 0.271 e. The third-order valence-electron chi connectivity index (χ3n) is 5.28. The molecule has 11 nitrogen and oxygen atoms in total. The van der Waals surface area contributed by atoms with Crippen LogP contribution in [-0.4, -0.2) is 47.9 Å². The normalized spacial score (nSPS) is 11.3. The number of imidazole rings is 1. The second-order valence-electron chi connectivity index (χ2n) is 7.66. The average molecular weight is 494 g/mol. The Bertz CT molecular complexity index is 1500. The van der Waals surface area contributed by atoms with Crippen LogP contribution >= 0.6 is 11.3 Å². The van der Waals surface area contributed by atoms with Gasteiger partial charge in [-0.2, -0.15) is 0 Å². The molecule has 1 aromatic carbocycles. The zero-order valence-corrected chi connectivity index (χ0v) is 19.2. The highest BCUT2D eigenvalue weighted by Crippen LogP contribution is 2.25. The van der Waals surface area contributed by atoms with E-state index in [-0.39, 0.29) is 18.0 Å². The van der Waals surface area contributed by atoms with E-state index in [0.717, 1.165) is 15.7 Å². The minimum absolute atomic E-state index is 0.0357. The van der Waals surface area contributed by atoms with E-state index in [4.69, 9.17) is 0 Å². The molecule has 0 saturated heterocycles. The summed E-state index contributed by atoms with van der Waals surface area (Å²) in [6.45, 7) is 1.60. The number of fused-ring (bicyclic) bond motifs is 2. The van der Waals surface area contributed by atoms with Gasteiger partial charge in [0.1, 0.15) is 28.3 Å². The van der Waals surface area contributed by atoms with E-state index < -0.39 is 4.92 Å². The van der Waals surface area contributed by atoms with Gasteiger partial charge in [0, 0.05) is 44.3 Å². The highest BCUT2D eigenvalue weighted by Gasteiger charge is 2.12. The van der Waals surface area contributed by atoms with Crippen LogP contribution in [0.1, 0.15) is 16.5 Å². The van der Waals surface area contributed by atoms with E-state index >= 15 is 0 Å². The van der Waals surface area contributed by atoms with Crippen LogP contribution in [-0.2, 0) is 19.4 Å². The quantitative estimate of drug-likeness (QED) is 0.151. The Morgan fingerprint density at radius 2 is 2.00 bits per heavy atom. The molecule has 5 aromatic rings. The zero-order chi connectivity index (χ0) is 24.2. The fraction of sp³-hybridized carbons (Fsp3) is 0.227. The molecule has 13 heteroatoms. The molecule has 0 fully saturated rings. The van der Waals surface area contributed by atoms with Gasteiger partial charge in [0.05, 0.1) is 33.2 Å². The predicted molar refractivity (Wildman–Crippen MR) is 130 cm³/mol. The molecule has 0 atom stereocenters. The molecule has 35 heavy (non-hydrogen) atoms. The summed E-state index contributed by atoms with van der Waals surface area (Å²) in [5, 5.41) is 18.3. The fourth-order valence-corrected chi connectivity index (χ4v) is 4.46. The molecule has 4 aromatic heterocycles. The molecule has 0 aliphatic rings. The maximum atomic E-state index is 13.8. The van der Waals surface area contributed by atoms with Crippen LogP contribution in [0.5, 0.6) is 0 Å². The van der Waals surface area contributed by atoms with Crippen molar-refractivity contribution in [3.63, 3.8) is 0 Å². The number of halogens is 1. The molecule has 178 valence electrons. The summed E-state index contributed by atoms with van der Waals surface area (Å²) in [5.74, 6) is 0.934. The predicted octanol–water partition coefficient (Wildman–Crippen LogP) is 3.39. The third kappa shape index (κ3) is 5.20. The molecule has 0 bridgehead atoms. The second-order valence-corrected chi connectivity index (χ2v) is 8.72. The maximum absolute atomic E-state index is 13.8. The van der Waals surface area contributed by atoms with Gasteiger partial charge in [0.25, 0.3) is 5.69 Å². The molecule has 0 saturated carbocycles. The van der Waals surface area contributed by atoms with Gasteiger partial charge in [-0.25, -0.2) is 24.3 Å². The van der Waals surface area contributed by atoms with Crippen molar-refractivity contribution in [2.24, 2.45) is 0 Å². The van der Waals surface area contributed by atoms with Crippen molar-refractivity contribution in [3.8, 4) is 0 Å². The van der Waals surface area contributed by atoms with Crippen LogP contribution in [0.25, 0.3) is 21.4 Å². The van der Waals surface area contributed by atoms with Gasteiger partial charge in [-0.15, -0.1) is 0 Å². The summed E-state index contributed by atoms with van der Waals surface area (Å²) >= 11 is 1.49. The molecule has 0 amide bonds. The Labute approximate surface area is 202 Å². The van der Waals surface area contributed by atoms with Crippen LogP contribution in [0.4, 0.5) is 15.9 Å². The summed E-state index contributed by atoms with van der Waals surface area (Å²) in [4.78, 5) is 36.1. The van der Waals surface area contributed by atoms with E-state index in [1.54, 1.807) is 18.3 Å². The second kappa shape index (κ2) is 10.0. The summed E-state index contributed by atoms with van der Waals surface area (Å²) in [6.07, 6.45) is 4.37. The molecule has 5 rings (SSSR count). The highest BCUT2D eigenvalue weighted by atomic mass is 32.1. The number of nitrogens with zero attached hydrogens (tertiary/aromatic N) is 6. The fourth-order valence-electron chi connectivity index (χ4n) is 3.56. The summed E-state index contributed by atoms with van der Waals surface area (Å²) < 4.78 is 13.8. The first-order valence-electron chi connectivity index (χ1n) is 10.8. The van der Waals surface area contributed by atoms with E-state index in [0.29, 0.717) is 54.0 Å². The first-order valence-corrected chi connectivity index (χ1v) is 11.7. The molecule has 0 aliphatic carbocycles. The molecule has 0 radical (unpaired) electrons. The number of thiazole rings is 1. The van der Waals surface area contributed by atoms with E-state index in [1.807, 2.05) is 0 Å². The largest absolute Gasteiger partial charge is 0.362 e. The molecule has 0 spiro atoms. The van der Waals surface area contributed by atoms with Crippen LogP contribution in [0.15, 0.2) is 42.9 Å². The van der Waals surface area contributed by atoms with Crippen LogP contribution in [0, 0.1) is 15.9 Å². The maximum Gasteiger partial charge on any atom is 0.271 e. The van der Waals surface area contributed by atoms with E-state index in [2.05, 4.69) is 40.5 Å². The highest BCUT2D eigenvalue weighted by molar-refractivity contribution is 7.18. The average Bonchev–Trinajstić information content (AvgIpc) is 3.46. The Balaban J connectivity index is 1.14. The molecular formula is C22H20FN9O2S. The molecule has 0 unspecified atom stereocenters. The van der Waals surface area contributed by atoms with Gasteiger partial charge in [-0.1, -0.05) is 11.3 Å². The van der Waals surface area contributed by atoms with Crippen molar-refractivity contribution in [1.82, 2.24) is 35.2 Å². The monoisotopic (exact) mass is 493 g/mol. The van der Waals surface area contributed by atoms with Crippen molar-refractivity contribution >= 4 is 44.2 Å². The summed E-state index contributed by atoms with van der Waals surface area (Å²) in [6, 6.07) is 7.50. The standard InChI is InChI=1S/C22H20FN9O2S/c23-14-2-1-7-25-17(14)11-26-21-20-22(28-12-27-21)35-19(31-20)6-9-24-8-5-18-29-15-4-3-13(32(33)34)10-16(15)30-18/h1-4,7,10,12,24H,5-6,8-9,11H2,(H,29,30)(H,26,27,28).